The van der Waals surface area contributed by atoms with Gasteiger partial charge in [-0.1, -0.05) is 48.8 Å². The van der Waals surface area contributed by atoms with Crippen LogP contribution in [0, 0.1) is 11.8 Å². The van der Waals surface area contributed by atoms with Crippen LogP contribution in [-0.4, -0.2) is 7.11 Å². The van der Waals surface area contributed by atoms with Gasteiger partial charge in [0, 0.05) is 11.1 Å². The van der Waals surface area contributed by atoms with Gasteiger partial charge in [-0.25, -0.2) is 0 Å². The minimum Gasteiger partial charge on any atom is -0.497 e. The summed E-state index contributed by atoms with van der Waals surface area (Å²) in [5.41, 5.74) is 2.83. The quantitative estimate of drug-likeness (QED) is 0.719. The Labute approximate surface area is 108 Å². The van der Waals surface area contributed by atoms with Gasteiger partial charge in [-0.15, -0.1) is 0 Å². The third kappa shape index (κ3) is 3.02. The second kappa shape index (κ2) is 5.75. The van der Waals surface area contributed by atoms with Gasteiger partial charge in [0.25, 0.3) is 0 Å². The van der Waals surface area contributed by atoms with Crippen LogP contribution in [0.2, 0.25) is 0 Å². The molecule has 18 heavy (non-hydrogen) atoms. The SMILES string of the molecule is C=C(C#Cc1ccc(OC)cc1)c1ccccc1. The van der Waals surface area contributed by atoms with Gasteiger partial charge < -0.3 is 4.74 Å². The Balaban J connectivity index is 2.14. The fourth-order valence-electron chi connectivity index (χ4n) is 1.53. The first kappa shape index (κ1) is 12.0. The van der Waals surface area contributed by atoms with Crippen molar-refractivity contribution in [2.24, 2.45) is 0 Å². The lowest BCUT2D eigenvalue weighted by molar-refractivity contribution is 0.415. The van der Waals surface area contributed by atoms with Crippen molar-refractivity contribution in [3.05, 3.63) is 72.3 Å². The number of ether oxygens (including phenoxy) is 1. The summed E-state index contributed by atoms with van der Waals surface area (Å²) in [7, 11) is 1.65. The van der Waals surface area contributed by atoms with Crippen molar-refractivity contribution in [2.75, 3.05) is 7.11 Å². The van der Waals surface area contributed by atoms with Gasteiger partial charge in [-0.05, 0) is 29.8 Å². The molecule has 0 radical (unpaired) electrons. The smallest absolute Gasteiger partial charge is 0.118 e. The molecule has 0 unspecified atom stereocenters. The summed E-state index contributed by atoms with van der Waals surface area (Å²) in [6, 6.07) is 17.6. The highest BCUT2D eigenvalue weighted by atomic mass is 16.5. The van der Waals surface area contributed by atoms with Crippen LogP contribution >= 0.6 is 0 Å². The van der Waals surface area contributed by atoms with E-state index in [0.29, 0.717) is 0 Å². The molecule has 2 aromatic carbocycles. The summed E-state index contributed by atoms with van der Waals surface area (Å²) < 4.78 is 5.10. The van der Waals surface area contributed by atoms with E-state index in [0.717, 1.165) is 22.4 Å². The third-order valence-electron chi connectivity index (χ3n) is 2.57. The first-order valence-electron chi connectivity index (χ1n) is 5.70. The van der Waals surface area contributed by atoms with Crippen molar-refractivity contribution >= 4 is 5.57 Å². The van der Waals surface area contributed by atoms with Crippen LogP contribution in [-0.2, 0) is 0 Å². The largest absolute Gasteiger partial charge is 0.497 e. The van der Waals surface area contributed by atoms with Crippen molar-refractivity contribution in [1.82, 2.24) is 0 Å². The molecule has 0 aliphatic heterocycles. The molecule has 1 nitrogen and oxygen atoms in total. The van der Waals surface area contributed by atoms with E-state index in [2.05, 4.69) is 18.4 Å². The van der Waals surface area contributed by atoms with Gasteiger partial charge in [0.05, 0.1) is 7.11 Å². The predicted molar refractivity (Wildman–Crippen MR) is 75.3 cm³/mol. The molecule has 0 amide bonds. The summed E-state index contributed by atoms with van der Waals surface area (Å²) >= 11 is 0. The molecule has 0 aromatic heterocycles. The van der Waals surface area contributed by atoms with Gasteiger partial charge in [0.1, 0.15) is 5.75 Å². The topological polar surface area (TPSA) is 9.23 Å². The van der Waals surface area contributed by atoms with Crippen molar-refractivity contribution in [3.8, 4) is 17.6 Å². The molecule has 2 rings (SSSR count). The van der Waals surface area contributed by atoms with Crippen LogP contribution in [0.1, 0.15) is 11.1 Å². The standard InChI is InChI=1S/C17H14O/c1-14(16-6-4-3-5-7-16)8-9-15-10-12-17(18-2)13-11-15/h3-7,10-13H,1H2,2H3. The molecule has 0 spiro atoms. The minimum atomic E-state index is 0.825. The third-order valence-corrected chi connectivity index (χ3v) is 2.57. The molecular weight excluding hydrogens is 220 g/mol. The Morgan fingerprint density at radius 2 is 1.67 bits per heavy atom. The van der Waals surface area contributed by atoms with Crippen LogP contribution in [0.4, 0.5) is 0 Å². The second-order valence-corrected chi connectivity index (χ2v) is 3.82. The highest BCUT2D eigenvalue weighted by molar-refractivity contribution is 5.77. The molecule has 0 saturated carbocycles. The number of rotatable bonds is 2. The Morgan fingerprint density at radius 1 is 1.00 bits per heavy atom. The zero-order valence-corrected chi connectivity index (χ0v) is 10.3. The Bertz CT molecular complexity index is 583. The average Bonchev–Trinajstić information content (AvgIpc) is 2.46. The molecule has 0 aliphatic rings. The van der Waals surface area contributed by atoms with Crippen LogP contribution in [0.25, 0.3) is 5.57 Å². The fourth-order valence-corrected chi connectivity index (χ4v) is 1.53. The lowest BCUT2D eigenvalue weighted by atomic mass is 10.1. The predicted octanol–water partition coefficient (Wildman–Crippen LogP) is 3.76. The second-order valence-electron chi connectivity index (χ2n) is 3.82. The summed E-state index contributed by atoms with van der Waals surface area (Å²) in [6.07, 6.45) is 0. The van der Waals surface area contributed by atoms with E-state index in [1.807, 2.05) is 54.6 Å². The Morgan fingerprint density at radius 3 is 2.28 bits per heavy atom. The van der Waals surface area contributed by atoms with Crippen LogP contribution in [0.3, 0.4) is 0 Å². The van der Waals surface area contributed by atoms with Crippen molar-refractivity contribution in [2.45, 2.75) is 0 Å². The molecule has 2 aromatic rings. The lowest BCUT2D eigenvalue weighted by Gasteiger charge is -1.98. The highest BCUT2D eigenvalue weighted by Gasteiger charge is 1.93. The monoisotopic (exact) mass is 234 g/mol. The van der Waals surface area contributed by atoms with Gasteiger partial charge in [-0.3, -0.25) is 0 Å². The van der Waals surface area contributed by atoms with E-state index in [4.69, 9.17) is 4.74 Å². The van der Waals surface area contributed by atoms with Crippen LogP contribution < -0.4 is 4.74 Å². The zero-order valence-electron chi connectivity index (χ0n) is 10.3. The van der Waals surface area contributed by atoms with E-state index >= 15 is 0 Å². The maximum Gasteiger partial charge on any atom is 0.118 e. The van der Waals surface area contributed by atoms with E-state index in [9.17, 15) is 0 Å². The molecule has 0 bridgehead atoms. The maximum atomic E-state index is 5.10. The number of methoxy groups -OCH3 is 1. The molecule has 0 saturated heterocycles. The summed E-state index contributed by atoms with van der Waals surface area (Å²) in [5, 5.41) is 0. The van der Waals surface area contributed by atoms with Gasteiger partial charge in [0.15, 0.2) is 0 Å². The zero-order chi connectivity index (χ0) is 12.8. The minimum absolute atomic E-state index is 0.825. The van der Waals surface area contributed by atoms with E-state index < -0.39 is 0 Å². The van der Waals surface area contributed by atoms with E-state index in [1.54, 1.807) is 7.11 Å². The summed E-state index contributed by atoms with van der Waals surface area (Å²) in [6.45, 7) is 3.98. The lowest BCUT2D eigenvalue weighted by Crippen LogP contribution is -1.82. The molecule has 0 atom stereocenters. The molecule has 1 heteroatoms. The Kier molecular flexibility index (Phi) is 3.83. The van der Waals surface area contributed by atoms with E-state index in [-0.39, 0.29) is 0 Å². The van der Waals surface area contributed by atoms with Crippen LogP contribution in [0.15, 0.2) is 61.2 Å². The normalized spacial score (nSPS) is 9.17. The van der Waals surface area contributed by atoms with Gasteiger partial charge in [-0.2, -0.15) is 0 Å². The first-order chi connectivity index (χ1) is 8.79. The molecular formula is C17H14O. The van der Waals surface area contributed by atoms with E-state index in [1.165, 1.54) is 0 Å². The number of hydrogen-bond acceptors (Lipinski definition) is 1. The van der Waals surface area contributed by atoms with Gasteiger partial charge >= 0.3 is 0 Å². The molecule has 0 fully saturated rings. The molecule has 0 N–H and O–H groups in total. The van der Waals surface area contributed by atoms with Crippen molar-refractivity contribution in [1.29, 1.82) is 0 Å². The highest BCUT2D eigenvalue weighted by Crippen LogP contribution is 2.12. The van der Waals surface area contributed by atoms with Crippen LogP contribution in [0.5, 0.6) is 5.75 Å². The fraction of sp³-hybridized carbons (Fsp3) is 0.0588. The van der Waals surface area contributed by atoms with Crippen molar-refractivity contribution in [3.63, 3.8) is 0 Å². The Hall–Kier alpha value is -2.46. The van der Waals surface area contributed by atoms with Gasteiger partial charge in [0.2, 0.25) is 0 Å². The summed E-state index contributed by atoms with van der Waals surface area (Å²) in [5.74, 6) is 6.99. The first-order valence-corrected chi connectivity index (χ1v) is 5.70. The maximum absolute atomic E-state index is 5.10. The number of allylic oxidation sites excluding steroid dienone is 1. The number of hydrogen-bond donors (Lipinski definition) is 0. The molecule has 88 valence electrons. The molecule has 0 heterocycles. The van der Waals surface area contributed by atoms with Crippen molar-refractivity contribution < 1.29 is 4.74 Å². The number of benzene rings is 2. The molecule has 0 aliphatic carbocycles. The average molecular weight is 234 g/mol. The summed E-state index contributed by atoms with van der Waals surface area (Å²) in [4.78, 5) is 0.